The minimum atomic E-state index is -5.08. The van der Waals surface area contributed by atoms with E-state index in [9.17, 15) is 13.2 Å². The maximum Gasteiger partial charge on any atom is 0.490 e. The van der Waals surface area contributed by atoms with E-state index < -0.39 is 12.1 Å². The molecule has 9 heteroatoms. The summed E-state index contributed by atoms with van der Waals surface area (Å²) in [5, 5.41) is 7.12. The van der Waals surface area contributed by atoms with E-state index in [0.717, 1.165) is 42.1 Å². The Morgan fingerprint density at radius 2 is 1.69 bits per heavy atom. The number of methoxy groups -OCH3 is 2. The number of aliphatic carboxylic acids is 1. The van der Waals surface area contributed by atoms with Crippen molar-refractivity contribution in [2.45, 2.75) is 32.5 Å². The number of imidazole rings is 1. The number of carboxylic acid groups (broad SMARTS) is 1. The first-order chi connectivity index (χ1) is 15.2. The second-order valence-corrected chi connectivity index (χ2v) is 6.68. The van der Waals surface area contributed by atoms with Crippen LogP contribution in [0, 0.1) is 0 Å². The number of rotatable bonds is 7. The van der Waals surface area contributed by atoms with Gasteiger partial charge in [0.05, 0.1) is 26.2 Å². The van der Waals surface area contributed by atoms with Crippen LogP contribution in [0.15, 0.2) is 54.9 Å². The molecule has 0 spiro atoms. The summed E-state index contributed by atoms with van der Waals surface area (Å²) in [5.74, 6) is -0.957. The number of ether oxygens (including phenoxy) is 2. The third-order valence-corrected chi connectivity index (χ3v) is 4.70. The fraction of sp³-hybridized carbons (Fsp3) is 0.304. The van der Waals surface area contributed by atoms with Gasteiger partial charge in [-0.1, -0.05) is 25.1 Å². The highest BCUT2D eigenvalue weighted by atomic mass is 19.4. The van der Waals surface area contributed by atoms with Crippen LogP contribution in [-0.2, 0) is 24.2 Å². The van der Waals surface area contributed by atoms with Crippen LogP contribution in [0.5, 0.6) is 11.5 Å². The van der Waals surface area contributed by atoms with Crippen molar-refractivity contribution in [2.24, 2.45) is 0 Å². The third-order valence-electron chi connectivity index (χ3n) is 4.70. The van der Waals surface area contributed by atoms with Crippen molar-refractivity contribution < 1.29 is 32.5 Å². The molecule has 0 aliphatic rings. The average molecular weight is 450 g/mol. The van der Waals surface area contributed by atoms with Gasteiger partial charge in [0.25, 0.3) is 0 Å². The zero-order chi connectivity index (χ0) is 23.7. The largest absolute Gasteiger partial charge is 0.497 e. The average Bonchev–Trinajstić information content (AvgIpc) is 3.20. The summed E-state index contributed by atoms with van der Waals surface area (Å²) in [6.07, 6.45) is -1.30. The topological polar surface area (TPSA) is 73.6 Å². The van der Waals surface area contributed by atoms with E-state index in [1.54, 1.807) is 14.2 Å². The molecule has 0 unspecified atom stereocenters. The standard InChI is InChI=1S/C21H24N2O2.C2HF3O2/c1-4-19-21(17-9-11-18(24-2)12-10-17)22-15-23(19)14-13-16-7-5-6-8-20(16)25-3;3-2(4,5)1(6)7/h5-12,15H,4,13-14H2,1-3H3;(H,6,7). The Kier molecular flexibility index (Phi) is 8.69. The number of hydrogen-bond acceptors (Lipinski definition) is 4. The lowest BCUT2D eigenvalue weighted by atomic mass is 10.1. The highest BCUT2D eigenvalue weighted by Gasteiger charge is 2.38. The van der Waals surface area contributed by atoms with Gasteiger partial charge in [-0.2, -0.15) is 13.2 Å². The SMILES string of the molecule is CCc1c(-c2ccc(OC)cc2)ncn1CCc1ccccc1OC.O=C(O)C(F)(F)F. The van der Waals surface area contributed by atoms with E-state index in [2.05, 4.69) is 40.7 Å². The molecule has 1 N–H and O–H groups in total. The van der Waals surface area contributed by atoms with Crippen molar-refractivity contribution in [3.05, 3.63) is 66.1 Å². The summed E-state index contributed by atoms with van der Waals surface area (Å²) in [7, 11) is 3.40. The molecule has 172 valence electrons. The number of alkyl halides is 3. The predicted octanol–water partition coefficient (Wildman–Crippen LogP) is 5.01. The maximum atomic E-state index is 10.6. The molecule has 1 aromatic heterocycles. The van der Waals surface area contributed by atoms with Gasteiger partial charge >= 0.3 is 12.1 Å². The van der Waals surface area contributed by atoms with Gasteiger partial charge in [-0.15, -0.1) is 0 Å². The number of para-hydroxylation sites is 1. The fourth-order valence-corrected chi connectivity index (χ4v) is 3.11. The molecule has 0 aliphatic carbocycles. The number of halogens is 3. The van der Waals surface area contributed by atoms with Gasteiger partial charge in [-0.25, -0.2) is 9.78 Å². The van der Waals surface area contributed by atoms with Gasteiger partial charge in [-0.05, 0) is 48.7 Å². The number of hydrogen-bond donors (Lipinski definition) is 1. The van der Waals surface area contributed by atoms with E-state index >= 15 is 0 Å². The molecule has 3 aromatic rings. The van der Waals surface area contributed by atoms with Gasteiger partial charge in [0.1, 0.15) is 11.5 Å². The van der Waals surface area contributed by atoms with Gasteiger partial charge in [-0.3, -0.25) is 0 Å². The molecule has 0 fully saturated rings. The van der Waals surface area contributed by atoms with E-state index in [0.29, 0.717) is 0 Å². The number of carbonyl (C=O) groups is 1. The van der Waals surface area contributed by atoms with Crippen LogP contribution < -0.4 is 9.47 Å². The first kappa shape index (κ1) is 24.8. The lowest BCUT2D eigenvalue weighted by Crippen LogP contribution is -2.21. The molecule has 0 bridgehead atoms. The molecule has 0 radical (unpaired) electrons. The molecule has 32 heavy (non-hydrogen) atoms. The lowest BCUT2D eigenvalue weighted by molar-refractivity contribution is -0.192. The number of benzene rings is 2. The smallest absolute Gasteiger partial charge is 0.490 e. The van der Waals surface area contributed by atoms with Crippen LogP contribution in [0.1, 0.15) is 18.2 Å². The molecule has 3 rings (SSSR count). The Hall–Kier alpha value is -3.49. The fourth-order valence-electron chi connectivity index (χ4n) is 3.11. The summed E-state index contributed by atoms with van der Waals surface area (Å²) in [5.41, 5.74) is 4.63. The Labute approximate surface area is 184 Å². The first-order valence-electron chi connectivity index (χ1n) is 9.81. The van der Waals surface area contributed by atoms with Crippen molar-refractivity contribution >= 4 is 5.97 Å². The van der Waals surface area contributed by atoms with E-state index in [4.69, 9.17) is 19.4 Å². The Morgan fingerprint density at radius 3 is 2.22 bits per heavy atom. The van der Waals surface area contributed by atoms with Crippen molar-refractivity contribution in [3.63, 3.8) is 0 Å². The molecular formula is C23H25F3N2O4. The zero-order valence-corrected chi connectivity index (χ0v) is 18.0. The van der Waals surface area contributed by atoms with E-state index in [-0.39, 0.29) is 0 Å². The second-order valence-electron chi connectivity index (χ2n) is 6.68. The van der Waals surface area contributed by atoms with Gasteiger partial charge < -0.3 is 19.1 Å². The van der Waals surface area contributed by atoms with Crippen LogP contribution in [0.3, 0.4) is 0 Å². The normalized spacial score (nSPS) is 10.8. The third kappa shape index (κ3) is 6.50. The zero-order valence-electron chi connectivity index (χ0n) is 18.0. The van der Waals surface area contributed by atoms with Crippen molar-refractivity contribution in [1.82, 2.24) is 9.55 Å². The highest BCUT2D eigenvalue weighted by Crippen LogP contribution is 2.26. The summed E-state index contributed by atoms with van der Waals surface area (Å²) in [6.45, 7) is 3.05. The molecule has 0 amide bonds. The Balaban J connectivity index is 0.000000451. The highest BCUT2D eigenvalue weighted by molar-refractivity contribution is 5.73. The van der Waals surface area contributed by atoms with Gasteiger partial charge in [0.15, 0.2) is 0 Å². The lowest BCUT2D eigenvalue weighted by Gasteiger charge is -2.11. The molecule has 0 saturated heterocycles. The van der Waals surface area contributed by atoms with Crippen molar-refractivity contribution in [2.75, 3.05) is 14.2 Å². The molecule has 2 aromatic carbocycles. The number of aromatic nitrogens is 2. The van der Waals surface area contributed by atoms with Gasteiger partial charge in [0, 0.05) is 17.8 Å². The molecule has 0 atom stereocenters. The molecular weight excluding hydrogens is 425 g/mol. The Morgan fingerprint density at radius 1 is 1.06 bits per heavy atom. The van der Waals surface area contributed by atoms with Crippen molar-refractivity contribution in [1.29, 1.82) is 0 Å². The van der Waals surface area contributed by atoms with Crippen LogP contribution in [-0.4, -0.2) is 41.0 Å². The van der Waals surface area contributed by atoms with Gasteiger partial charge in [0.2, 0.25) is 0 Å². The van der Waals surface area contributed by atoms with Crippen LogP contribution in [0.2, 0.25) is 0 Å². The van der Waals surface area contributed by atoms with E-state index in [1.807, 2.05) is 30.6 Å². The van der Waals surface area contributed by atoms with E-state index in [1.165, 1.54) is 11.3 Å². The molecule has 0 saturated carbocycles. The van der Waals surface area contributed by atoms with Crippen molar-refractivity contribution in [3.8, 4) is 22.8 Å². The predicted molar refractivity (Wildman–Crippen MR) is 114 cm³/mol. The molecule has 0 aliphatic heterocycles. The number of aryl methyl sites for hydroxylation is 2. The van der Waals surface area contributed by atoms with Crippen LogP contribution >= 0.6 is 0 Å². The minimum Gasteiger partial charge on any atom is -0.497 e. The molecule has 1 heterocycles. The van der Waals surface area contributed by atoms with Crippen LogP contribution in [0.25, 0.3) is 11.3 Å². The minimum absolute atomic E-state index is 0.859. The monoisotopic (exact) mass is 450 g/mol. The summed E-state index contributed by atoms with van der Waals surface area (Å²) < 4.78 is 44.7. The van der Waals surface area contributed by atoms with Crippen LogP contribution in [0.4, 0.5) is 13.2 Å². The quantitative estimate of drug-likeness (QED) is 0.548. The summed E-state index contributed by atoms with van der Waals surface area (Å²) >= 11 is 0. The second kappa shape index (κ2) is 11.2. The number of carboxylic acids is 1. The summed E-state index contributed by atoms with van der Waals surface area (Å²) in [6, 6.07) is 16.2. The Bertz CT molecular complexity index is 1010. The summed E-state index contributed by atoms with van der Waals surface area (Å²) in [4.78, 5) is 13.6. The number of nitrogens with zero attached hydrogens (tertiary/aromatic N) is 2. The first-order valence-corrected chi connectivity index (χ1v) is 9.81. The maximum absolute atomic E-state index is 10.6. The molecule has 6 nitrogen and oxygen atoms in total.